The van der Waals surface area contributed by atoms with Crippen LogP contribution in [0.5, 0.6) is 0 Å². The van der Waals surface area contributed by atoms with Gasteiger partial charge in [-0.2, -0.15) is 0 Å². The SMILES string of the molecule is CCS1(CC)C(=S)C(C(=O)O)=C([O-])C(C(=O)O)=C1[S-]. The molecule has 0 atom stereocenters. The Morgan fingerprint density at radius 3 is 1.95 bits per heavy atom. The maximum Gasteiger partial charge on any atom is 0.337 e. The highest BCUT2D eigenvalue weighted by molar-refractivity contribution is 8.55. The molecule has 1 aliphatic heterocycles. The average molecular weight is 320 g/mol. The van der Waals surface area contributed by atoms with E-state index in [1.807, 2.05) is 0 Å². The van der Waals surface area contributed by atoms with Crippen molar-refractivity contribution in [2.24, 2.45) is 0 Å². The van der Waals surface area contributed by atoms with Crippen molar-refractivity contribution in [1.82, 2.24) is 0 Å². The molecule has 0 aromatic rings. The van der Waals surface area contributed by atoms with Crippen molar-refractivity contribution < 1.29 is 24.9 Å². The summed E-state index contributed by atoms with van der Waals surface area (Å²) in [7, 11) is -2.05. The lowest BCUT2D eigenvalue weighted by atomic mass is 10.1. The van der Waals surface area contributed by atoms with Gasteiger partial charge in [-0.15, -0.1) is 4.24 Å². The summed E-state index contributed by atoms with van der Waals surface area (Å²) in [6.07, 6.45) is 0. The molecule has 0 fully saturated rings. The molecule has 0 saturated carbocycles. The van der Waals surface area contributed by atoms with Gasteiger partial charge in [0.05, 0.1) is 9.77 Å². The molecule has 5 nitrogen and oxygen atoms in total. The third-order valence-corrected chi connectivity index (χ3v) is 9.11. The quantitative estimate of drug-likeness (QED) is 0.581. The molecule has 1 heterocycles. The van der Waals surface area contributed by atoms with Crippen LogP contribution >= 0.6 is 22.2 Å². The van der Waals surface area contributed by atoms with Crippen molar-refractivity contribution in [1.29, 1.82) is 0 Å². The zero-order chi connectivity index (χ0) is 15.0. The maximum atomic E-state index is 12.0. The van der Waals surface area contributed by atoms with Gasteiger partial charge in [0.1, 0.15) is 0 Å². The molecule has 0 aromatic carbocycles. The van der Waals surface area contributed by atoms with Gasteiger partial charge in [0.2, 0.25) is 0 Å². The minimum atomic E-state index is -2.05. The van der Waals surface area contributed by atoms with Crippen LogP contribution in [0.1, 0.15) is 13.8 Å². The molecule has 1 aliphatic rings. The van der Waals surface area contributed by atoms with E-state index < -0.39 is 38.9 Å². The van der Waals surface area contributed by atoms with Crippen LogP contribution in [0, 0.1) is 0 Å². The summed E-state index contributed by atoms with van der Waals surface area (Å²) in [5.41, 5.74) is -1.22. The van der Waals surface area contributed by atoms with Crippen molar-refractivity contribution in [3.63, 3.8) is 0 Å². The van der Waals surface area contributed by atoms with E-state index >= 15 is 0 Å². The fraction of sp³-hybridized carbons (Fsp3) is 0.364. The minimum Gasteiger partial charge on any atom is -0.871 e. The predicted molar refractivity (Wildman–Crippen MR) is 78.0 cm³/mol. The zero-order valence-corrected chi connectivity index (χ0v) is 12.7. The molecule has 0 aliphatic carbocycles. The third kappa shape index (κ3) is 2.24. The monoisotopic (exact) mass is 320 g/mol. The van der Waals surface area contributed by atoms with Gasteiger partial charge in [-0.05, 0) is 11.5 Å². The van der Waals surface area contributed by atoms with E-state index in [1.165, 1.54) is 0 Å². The predicted octanol–water partition coefficient (Wildman–Crippen LogP) is 0.714. The Hall–Kier alpha value is -1.12. The first-order valence-electron chi connectivity index (χ1n) is 5.37. The van der Waals surface area contributed by atoms with Gasteiger partial charge in [0.25, 0.3) is 0 Å². The smallest absolute Gasteiger partial charge is 0.337 e. The number of carboxylic acid groups (broad SMARTS) is 2. The van der Waals surface area contributed by atoms with E-state index in [0.717, 1.165) is 0 Å². The van der Waals surface area contributed by atoms with Gasteiger partial charge >= 0.3 is 11.9 Å². The molecular weight excluding hydrogens is 308 g/mol. The third-order valence-electron chi connectivity index (χ3n) is 2.99. The molecule has 2 N–H and O–H groups in total. The largest absolute Gasteiger partial charge is 0.871 e. The molecule has 0 unspecified atom stereocenters. The summed E-state index contributed by atoms with van der Waals surface area (Å²) in [5.74, 6) is -3.20. The minimum absolute atomic E-state index is 0.0185. The van der Waals surface area contributed by atoms with Crippen molar-refractivity contribution in [2.75, 3.05) is 11.5 Å². The normalized spacial score (nSPS) is 20.4. The molecule has 0 saturated heterocycles. The molecule has 0 radical (unpaired) electrons. The molecule has 0 spiro atoms. The summed E-state index contributed by atoms with van der Waals surface area (Å²) < 4.78 is 0.0370. The van der Waals surface area contributed by atoms with Crippen LogP contribution in [0.3, 0.4) is 0 Å². The number of carboxylic acids is 2. The second-order valence-corrected chi connectivity index (χ2v) is 8.80. The van der Waals surface area contributed by atoms with E-state index in [0.29, 0.717) is 11.5 Å². The van der Waals surface area contributed by atoms with Gasteiger partial charge in [-0.25, -0.2) is 19.6 Å². The Morgan fingerprint density at radius 2 is 1.63 bits per heavy atom. The maximum absolute atomic E-state index is 12.0. The highest BCUT2D eigenvalue weighted by atomic mass is 32.3. The molecule has 8 heteroatoms. The summed E-state index contributed by atoms with van der Waals surface area (Å²) in [6, 6.07) is 0. The Labute approximate surface area is 122 Å². The molecule has 0 bridgehead atoms. The average Bonchev–Trinajstić information content (AvgIpc) is 2.29. The van der Waals surface area contributed by atoms with Crippen molar-refractivity contribution >= 4 is 51.0 Å². The van der Waals surface area contributed by atoms with E-state index in [1.54, 1.807) is 13.8 Å². The summed E-state index contributed by atoms with van der Waals surface area (Å²) >= 11 is 10.3. The number of thiocarbonyl (C=S) groups is 1. The van der Waals surface area contributed by atoms with Crippen LogP contribution in [0.2, 0.25) is 0 Å². The molecule has 0 aromatic heterocycles. The van der Waals surface area contributed by atoms with Crippen LogP contribution in [0.4, 0.5) is 0 Å². The number of carbonyl (C=O) groups is 2. The standard InChI is InChI=1S/C11H14O5S3/c1-3-19(4-2)10(17)5(8(13)14)7(12)6(9(15)16)11(19)18/h12,17H,3-4H2,1-2H3,(H,13,14)(H,15,16)/p-2. The van der Waals surface area contributed by atoms with E-state index in [2.05, 4.69) is 0 Å². The lowest BCUT2D eigenvalue weighted by Gasteiger charge is -2.50. The van der Waals surface area contributed by atoms with E-state index in [4.69, 9.17) is 35.1 Å². The number of hydrogen-bond acceptors (Lipinski definition) is 5. The van der Waals surface area contributed by atoms with Crippen LogP contribution in [0.15, 0.2) is 21.1 Å². The number of rotatable bonds is 4. The molecule has 19 heavy (non-hydrogen) atoms. The Balaban J connectivity index is 3.75. The highest BCUT2D eigenvalue weighted by Gasteiger charge is 2.36. The van der Waals surface area contributed by atoms with Crippen LogP contribution in [0.25, 0.3) is 0 Å². The number of aliphatic carboxylic acids is 2. The lowest BCUT2D eigenvalue weighted by Crippen LogP contribution is -2.34. The summed E-state index contributed by atoms with van der Waals surface area (Å²) in [6.45, 7) is 3.54. The van der Waals surface area contributed by atoms with Gasteiger partial charge in [0, 0.05) is 5.57 Å². The fourth-order valence-corrected chi connectivity index (χ4v) is 7.08. The van der Waals surface area contributed by atoms with E-state index in [-0.39, 0.29) is 8.43 Å². The van der Waals surface area contributed by atoms with Crippen LogP contribution < -0.4 is 5.11 Å². The van der Waals surface area contributed by atoms with Crippen LogP contribution in [-0.4, -0.2) is 37.9 Å². The Kier molecular flexibility index (Phi) is 4.59. The summed E-state index contributed by atoms with van der Waals surface area (Å²) in [5, 5.41) is 30.2. The van der Waals surface area contributed by atoms with Crippen LogP contribution in [-0.2, 0) is 22.2 Å². The first kappa shape index (κ1) is 15.9. The zero-order valence-electron chi connectivity index (χ0n) is 10.3. The van der Waals surface area contributed by atoms with Gasteiger partial charge in [0.15, 0.2) is 0 Å². The van der Waals surface area contributed by atoms with Gasteiger partial charge in [-0.1, -0.05) is 31.8 Å². The topological polar surface area (TPSA) is 97.7 Å². The second kappa shape index (κ2) is 5.48. The Bertz CT molecular complexity index is 528. The first-order valence-corrected chi connectivity index (χ1v) is 8.16. The van der Waals surface area contributed by atoms with Crippen molar-refractivity contribution in [3.8, 4) is 0 Å². The second-order valence-electron chi connectivity index (χ2n) is 3.73. The first-order chi connectivity index (χ1) is 8.74. The fourth-order valence-electron chi connectivity index (χ4n) is 1.88. The van der Waals surface area contributed by atoms with Gasteiger partial charge < -0.3 is 27.9 Å². The van der Waals surface area contributed by atoms with Crippen molar-refractivity contribution in [3.05, 3.63) is 21.1 Å². The summed E-state index contributed by atoms with van der Waals surface area (Å²) in [4.78, 5) is 22.4. The molecular formula is C11H12O5S3-2. The van der Waals surface area contributed by atoms with E-state index in [9.17, 15) is 14.7 Å². The Morgan fingerprint density at radius 1 is 1.21 bits per heavy atom. The van der Waals surface area contributed by atoms with Gasteiger partial charge in [-0.3, -0.25) is 0 Å². The highest BCUT2D eigenvalue weighted by Crippen LogP contribution is 2.61. The number of hydrogen-bond donors (Lipinski definition) is 2. The molecule has 0 amide bonds. The lowest BCUT2D eigenvalue weighted by molar-refractivity contribution is -0.298. The van der Waals surface area contributed by atoms with Crippen molar-refractivity contribution in [2.45, 2.75) is 13.8 Å². The molecule has 106 valence electrons. The molecule has 1 rings (SSSR count).